The van der Waals surface area contributed by atoms with Crippen LogP contribution in [-0.4, -0.2) is 45.4 Å². The Morgan fingerprint density at radius 2 is 1.91 bits per heavy atom. The molecule has 1 aliphatic rings. The molecule has 1 unspecified atom stereocenters. The summed E-state index contributed by atoms with van der Waals surface area (Å²) in [5.41, 5.74) is 1.91. The Morgan fingerprint density at radius 3 is 2.55 bits per heavy atom. The summed E-state index contributed by atoms with van der Waals surface area (Å²) in [5.74, 6) is -1.46. The SMILES string of the molecule is CCCN1C(=O)C(O)=C(C(=O)c2sc(-c3ccccc3)nc2C)C1c1ccc(OC)c(O)c1. The summed E-state index contributed by atoms with van der Waals surface area (Å²) in [7, 11) is 1.44. The van der Waals surface area contributed by atoms with Crippen LogP contribution in [0.15, 0.2) is 59.9 Å². The maximum atomic E-state index is 13.7. The number of rotatable bonds is 7. The molecule has 0 spiro atoms. The van der Waals surface area contributed by atoms with Crippen LogP contribution in [0.2, 0.25) is 0 Å². The second-order valence-electron chi connectivity index (χ2n) is 7.72. The molecule has 1 aromatic heterocycles. The minimum atomic E-state index is -0.830. The first-order valence-electron chi connectivity index (χ1n) is 10.6. The molecular weight excluding hydrogens is 440 g/mol. The second-order valence-corrected chi connectivity index (χ2v) is 8.72. The molecule has 4 rings (SSSR count). The molecule has 0 radical (unpaired) electrons. The summed E-state index contributed by atoms with van der Waals surface area (Å²) in [6, 6.07) is 13.4. The second kappa shape index (κ2) is 9.07. The molecule has 0 fully saturated rings. The van der Waals surface area contributed by atoms with E-state index in [9.17, 15) is 19.8 Å². The molecule has 0 bridgehead atoms. The summed E-state index contributed by atoms with van der Waals surface area (Å²) in [5, 5.41) is 21.8. The number of thiazole rings is 1. The van der Waals surface area contributed by atoms with Crippen molar-refractivity contribution in [2.24, 2.45) is 0 Å². The predicted octanol–water partition coefficient (Wildman–Crippen LogP) is 4.82. The Balaban J connectivity index is 1.80. The van der Waals surface area contributed by atoms with Gasteiger partial charge in [0.2, 0.25) is 5.78 Å². The van der Waals surface area contributed by atoms with E-state index in [0.29, 0.717) is 34.1 Å². The number of phenols is 1. The number of Topliss-reactive ketones (excluding diaryl/α,β-unsaturated/α-hetero) is 1. The van der Waals surface area contributed by atoms with Crippen molar-refractivity contribution in [3.05, 3.63) is 76.0 Å². The number of ether oxygens (including phenoxy) is 1. The van der Waals surface area contributed by atoms with Gasteiger partial charge in [-0.1, -0.05) is 43.3 Å². The highest BCUT2D eigenvalue weighted by Gasteiger charge is 2.44. The molecular formula is C25H24N2O5S. The zero-order valence-electron chi connectivity index (χ0n) is 18.5. The normalized spacial score (nSPS) is 15.9. The highest BCUT2D eigenvalue weighted by Crippen LogP contribution is 2.42. The molecule has 7 nitrogen and oxygen atoms in total. The molecule has 8 heteroatoms. The van der Waals surface area contributed by atoms with Gasteiger partial charge in [-0.2, -0.15) is 0 Å². The van der Waals surface area contributed by atoms with E-state index in [-0.39, 0.29) is 17.1 Å². The standard InChI is InChI=1S/C25H24N2O5S/c1-4-12-27-20(16-10-11-18(32-3)17(28)13-16)19(22(30)25(27)31)21(29)23-14(2)26-24(33-23)15-8-6-5-7-9-15/h5-11,13,20,28,30H,4,12H2,1-3H3. The van der Waals surface area contributed by atoms with E-state index < -0.39 is 23.5 Å². The highest BCUT2D eigenvalue weighted by atomic mass is 32.1. The molecule has 2 aromatic carbocycles. The molecule has 0 saturated heterocycles. The lowest BCUT2D eigenvalue weighted by atomic mass is 9.94. The minimum Gasteiger partial charge on any atom is -0.504 e. The molecule has 0 aliphatic carbocycles. The number of amides is 1. The number of methoxy groups -OCH3 is 1. The van der Waals surface area contributed by atoms with E-state index in [1.165, 1.54) is 29.4 Å². The van der Waals surface area contributed by atoms with Crippen molar-refractivity contribution in [1.82, 2.24) is 9.88 Å². The molecule has 2 N–H and O–H groups in total. The van der Waals surface area contributed by atoms with Gasteiger partial charge < -0.3 is 19.8 Å². The first-order valence-corrected chi connectivity index (χ1v) is 11.4. The van der Waals surface area contributed by atoms with Crippen LogP contribution in [0.25, 0.3) is 10.6 Å². The van der Waals surface area contributed by atoms with Gasteiger partial charge in [-0.05, 0) is 31.0 Å². The van der Waals surface area contributed by atoms with Gasteiger partial charge in [0.15, 0.2) is 17.3 Å². The lowest BCUT2D eigenvalue weighted by molar-refractivity contribution is -0.129. The first kappa shape index (κ1) is 22.5. The van der Waals surface area contributed by atoms with Crippen LogP contribution in [0.3, 0.4) is 0 Å². The zero-order chi connectivity index (χ0) is 23.7. The summed E-state index contributed by atoms with van der Waals surface area (Å²) >= 11 is 1.23. The van der Waals surface area contributed by atoms with Crippen molar-refractivity contribution >= 4 is 23.0 Å². The summed E-state index contributed by atoms with van der Waals surface area (Å²) in [4.78, 5) is 33.0. The number of phenolic OH excluding ortho intramolecular Hbond substituents is 1. The van der Waals surface area contributed by atoms with Gasteiger partial charge in [0.25, 0.3) is 5.91 Å². The average Bonchev–Trinajstić information content (AvgIpc) is 3.32. The minimum absolute atomic E-state index is 0.00983. The number of aryl methyl sites for hydroxylation is 1. The van der Waals surface area contributed by atoms with E-state index >= 15 is 0 Å². The van der Waals surface area contributed by atoms with Crippen molar-refractivity contribution in [2.75, 3.05) is 13.7 Å². The van der Waals surface area contributed by atoms with Gasteiger partial charge in [0, 0.05) is 12.1 Å². The fourth-order valence-corrected chi connectivity index (χ4v) is 5.04. The number of benzene rings is 2. The van der Waals surface area contributed by atoms with Crippen LogP contribution >= 0.6 is 11.3 Å². The van der Waals surface area contributed by atoms with Gasteiger partial charge >= 0.3 is 0 Å². The number of nitrogens with zero attached hydrogens (tertiary/aromatic N) is 2. The fourth-order valence-electron chi connectivity index (χ4n) is 4.01. The Kier molecular flexibility index (Phi) is 6.20. The number of ketones is 1. The quantitative estimate of drug-likeness (QED) is 0.486. The molecule has 2 heterocycles. The molecule has 3 aromatic rings. The lowest BCUT2D eigenvalue weighted by Gasteiger charge is -2.26. The molecule has 1 atom stereocenters. The molecule has 33 heavy (non-hydrogen) atoms. The van der Waals surface area contributed by atoms with E-state index in [0.717, 1.165) is 5.56 Å². The van der Waals surface area contributed by atoms with Crippen molar-refractivity contribution in [3.8, 4) is 22.1 Å². The van der Waals surface area contributed by atoms with Crippen LogP contribution in [0.5, 0.6) is 11.5 Å². The highest BCUT2D eigenvalue weighted by molar-refractivity contribution is 7.17. The number of aromatic nitrogens is 1. The maximum Gasteiger partial charge on any atom is 0.290 e. The van der Waals surface area contributed by atoms with E-state index in [1.807, 2.05) is 37.3 Å². The monoisotopic (exact) mass is 464 g/mol. The fraction of sp³-hybridized carbons (Fsp3) is 0.240. The van der Waals surface area contributed by atoms with Gasteiger partial charge in [0.05, 0.1) is 29.3 Å². The predicted molar refractivity (Wildman–Crippen MR) is 126 cm³/mol. The average molecular weight is 465 g/mol. The molecule has 1 amide bonds. The molecule has 170 valence electrons. The number of hydrogen-bond acceptors (Lipinski definition) is 7. The lowest BCUT2D eigenvalue weighted by Crippen LogP contribution is -2.31. The topological polar surface area (TPSA) is 100.0 Å². The third-order valence-electron chi connectivity index (χ3n) is 5.56. The van der Waals surface area contributed by atoms with Crippen LogP contribution in [0.1, 0.15) is 40.3 Å². The Bertz CT molecular complexity index is 1250. The Hall–Kier alpha value is -3.65. The number of carbonyl (C=O) groups excluding carboxylic acids is 2. The Morgan fingerprint density at radius 1 is 1.18 bits per heavy atom. The van der Waals surface area contributed by atoms with E-state index in [2.05, 4.69) is 4.98 Å². The van der Waals surface area contributed by atoms with Crippen LogP contribution in [0.4, 0.5) is 0 Å². The number of aliphatic hydroxyl groups is 1. The first-order chi connectivity index (χ1) is 15.9. The third-order valence-corrected chi connectivity index (χ3v) is 6.76. The van der Waals surface area contributed by atoms with Gasteiger partial charge in [-0.15, -0.1) is 11.3 Å². The number of aromatic hydroxyl groups is 1. The van der Waals surface area contributed by atoms with Crippen molar-refractivity contribution in [2.45, 2.75) is 26.3 Å². The van der Waals surface area contributed by atoms with E-state index in [4.69, 9.17) is 4.74 Å². The zero-order valence-corrected chi connectivity index (χ0v) is 19.3. The smallest absolute Gasteiger partial charge is 0.290 e. The van der Waals surface area contributed by atoms with Gasteiger partial charge in [-0.25, -0.2) is 4.98 Å². The van der Waals surface area contributed by atoms with Gasteiger partial charge in [-0.3, -0.25) is 9.59 Å². The number of carbonyl (C=O) groups is 2. The largest absolute Gasteiger partial charge is 0.504 e. The van der Waals surface area contributed by atoms with Crippen LogP contribution in [0, 0.1) is 6.92 Å². The molecule has 0 saturated carbocycles. The van der Waals surface area contributed by atoms with Crippen molar-refractivity contribution in [3.63, 3.8) is 0 Å². The van der Waals surface area contributed by atoms with Crippen molar-refractivity contribution in [1.29, 1.82) is 0 Å². The molecule has 1 aliphatic heterocycles. The van der Waals surface area contributed by atoms with E-state index in [1.54, 1.807) is 19.1 Å². The summed E-state index contributed by atoms with van der Waals surface area (Å²) in [6.45, 7) is 3.99. The number of hydrogen-bond donors (Lipinski definition) is 2. The van der Waals surface area contributed by atoms with Crippen molar-refractivity contribution < 1.29 is 24.5 Å². The summed E-state index contributed by atoms with van der Waals surface area (Å²) < 4.78 is 5.12. The third kappa shape index (κ3) is 3.98. The summed E-state index contributed by atoms with van der Waals surface area (Å²) in [6.07, 6.45) is 0.636. The number of aliphatic hydroxyl groups excluding tert-OH is 1. The Labute approximate surface area is 195 Å². The van der Waals surface area contributed by atoms with Crippen LogP contribution in [-0.2, 0) is 4.79 Å². The van der Waals surface area contributed by atoms with Crippen LogP contribution < -0.4 is 4.74 Å². The van der Waals surface area contributed by atoms with Gasteiger partial charge in [0.1, 0.15) is 5.01 Å². The maximum absolute atomic E-state index is 13.7.